The smallest absolute Gasteiger partial charge is 0.351 e. The Balaban J connectivity index is 2.60. The molecular formula is C16H20Cl4N2O2. The van der Waals surface area contributed by atoms with Gasteiger partial charge < -0.3 is 4.74 Å². The number of carbonyl (C=O) groups is 1. The molecule has 1 rings (SSSR count). The van der Waals surface area contributed by atoms with Crippen LogP contribution < -0.4 is 0 Å². The van der Waals surface area contributed by atoms with Gasteiger partial charge in [-0.2, -0.15) is 10.2 Å². The second-order valence-corrected chi connectivity index (χ2v) is 7.41. The minimum Gasteiger partial charge on any atom is -0.463 e. The summed E-state index contributed by atoms with van der Waals surface area (Å²) in [5, 5.41) is 8.49. The molecule has 0 amide bonds. The van der Waals surface area contributed by atoms with Crippen LogP contribution in [0.4, 0.5) is 5.69 Å². The zero-order valence-electron chi connectivity index (χ0n) is 13.6. The number of alkyl halides is 1. The van der Waals surface area contributed by atoms with Crippen LogP contribution in [0, 0.1) is 0 Å². The Bertz CT molecular complexity index is 568. The molecule has 0 aliphatic heterocycles. The van der Waals surface area contributed by atoms with Crippen LogP contribution in [0.3, 0.4) is 0 Å². The molecule has 0 heterocycles. The summed E-state index contributed by atoms with van der Waals surface area (Å²) >= 11 is 23.9. The van der Waals surface area contributed by atoms with Gasteiger partial charge in [0.2, 0.25) is 5.00 Å². The van der Waals surface area contributed by atoms with Crippen molar-refractivity contribution in [2.45, 2.75) is 50.9 Å². The zero-order valence-corrected chi connectivity index (χ0v) is 16.6. The van der Waals surface area contributed by atoms with Crippen LogP contribution in [0.15, 0.2) is 22.4 Å². The highest BCUT2D eigenvalue weighted by atomic mass is 35.5. The van der Waals surface area contributed by atoms with Gasteiger partial charge in [-0.15, -0.1) is 0 Å². The number of esters is 1. The van der Waals surface area contributed by atoms with Gasteiger partial charge in [-0.3, -0.25) is 0 Å². The fraction of sp³-hybridized carbons (Fsp3) is 0.562. The van der Waals surface area contributed by atoms with Crippen LogP contribution >= 0.6 is 46.4 Å². The molecule has 24 heavy (non-hydrogen) atoms. The summed E-state index contributed by atoms with van der Waals surface area (Å²) in [6.45, 7) is 3.85. The largest absolute Gasteiger partial charge is 0.463 e. The Hall–Kier alpha value is -0.550. The molecule has 1 atom stereocenters. The number of nitrogens with zero attached hydrogens (tertiary/aromatic N) is 2. The van der Waals surface area contributed by atoms with Crippen molar-refractivity contribution in [3.05, 3.63) is 27.2 Å². The van der Waals surface area contributed by atoms with Gasteiger partial charge in [-0.05, 0) is 25.5 Å². The van der Waals surface area contributed by atoms with E-state index in [1.54, 1.807) is 0 Å². The summed E-state index contributed by atoms with van der Waals surface area (Å²) in [4.78, 5) is 10.4. The van der Waals surface area contributed by atoms with E-state index in [1.165, 1.54) is 25.5 Å². The number of carbonyl (C=O) groups excluding carboxylic acids is 1. The lowest BCUT2D eigenvalue weighted by Gasteiger charge is -2.14. The lowest BCUT2D eigenvalue weighted by atomic mass is 10.2. The van der Waals surface area contributed by atoms with Crippen molar-refractivity contribution in [3.63, 3.8) is 0 Å². The number of rotatable bonds is 9. The first-order valence-corrected chi connectivity index (χ1v) is 9.22. The quantitative estimate of drug-likeness (QED) is 0.141. The molecule has 1 aromatic carbocycles. The summed E-state index contributed by atoms with van der Waals surface area (Å²) in [5.41, 5.74) is 0.196. The van der Waals surface area contributed by atoms with Crippen molar-refractivity contribution in [2.24, 2.45) is 10.2 Å². The van der Waals surface area contributed by atoms with Crippen LogP contribution in [0.2, 0.25) is 15.1 Å². The SMILES string of the molecule is CCCCCCCOC(=O)C(C)(Cl)/N=N/c1c(Cl)cc(Cl)cc1Cl. The van der Waals surface area contributed by atoms with Crippen molar-refractivity contribution in [1.82, 2.24) is 0 Å². The third-order valence-corrected chi connectivity index (χ3v) is 4.20. The van der Waals surface area contributed by atoms with E-state index >= 15 is 0 Å². The number of halogens is 4. The maximum absolute atomic E-state index is 12.0. The molecule has 4 nitrogen and oxygen atoms in total. The number of unbranched alkanes of at least 4 members (excludes halogenated alkanes) is 4. The van der Waals surface area contributed by atoms with Crippen LogP contribution in [0.5, 0.6) is 0 Å². The van der Waals surface area contributed by atoms with Gasteiger partial charge in [0.25, 0.3) is 0 Å². The Kier molecular flexibility index (Phi) is 9.35. The zero-order chi connectivity index (χ0) is 18.2. The summed E-state index contributed by atoms with van der Waals surface area (Å²) < 4.78 is 5.14. The van der Waals surface area contributed by atoms with E-state index in [1.807, 2.05) is 0 Å². The summed E-state index contributed by atoms with van der Waals surface area (Å²) in [6.07, 6.45) is 5.27. The average Bonchev–Trinajstić information content (AvgIpc) is 2.49. The summed E-state index contributed by atoms with van der Waals surface area (Å²) in [6, 6.07) is 2.95. The van der Waals surface area contributed by atoms with E-state index in [2.05, 4.69) is 17.2 Å². The number of ether oxygens (including phenoxy) is 1. The molecule has 0 saturated carbocycles. The highest BCUT2D eigenvalue weighted by Gasteiger charge is 2.32. The standard InChI is InChI=1S/C16H20Cl4N2O2/c1-3-4-5-6-7-8-24-15(23)16(2,20)22-21-14-12(18)9-11(17)10-13(14)19/h9-10H,3-8H2,1-2H3/b22-21+. The first kappa shape index (κ1) is 21.5. The van der Waals surface area contributed by atoms with E-state index in [0.717, 1.165) is 25.7 Å². The molecule has 1 unspecified atom stereocenters. The molecule has 0 aliphatic carbocycles. The van der Waals surface area contributed by atoms with Gasteiger partial charge in [-0.1, -0.05) is 79.0 Å². The predicted molar refractivity (Wildman–Crippen MR) is 100.0 cm³/mol. The maximum Gasteiger partial charge on any atom is 0.351 e. The van der Waals surface area contributed by atoms with Gasteiger partial charge in [0.1, 0.15) is 5.69 Å². The molecule has 0 fully saturated rings. The lowest BCUT2D eigenvalue weighted by Crippen LogP contribution is -2.28. The van der Waals surface area contributed by atoms with Crippen LogP contribution in [-0.2, 0) is 9.53 Å². The van der Waals surface area contributed by atoms with Gasteiger partial charge in [-0.25, -0.2) is 4.79 Å². The Labute approximate surface area is 162 Å². The third kappa shape index (κ3) is 7.14. The van der Waals surface area contributed by atoms with E-state index < -0.39 is 11.0 Å². The predicted octanol–water partition coefficient (Wildman–Crippen LogP) is 7.20. The molecule has 0 aromatic heterocycles. The lowest BCUT2D eigenvalue weighted by molar-refractivity contribution is -0.146. The number of hydrogen-bond donors (Lipinski definition) is 0. The first-order valence-electron chi connectivity index (χ1n) is 7.71. The van der Waals surface area contributed by atoms with Crippen LogP contribution in [0.1, 0.15) is 46.0 Å². The topological polar surface area (TPSA) is 51.0 Å². The molecule has 0 radical (unpaired) electrons. The summed E-state index contributed by atoms with van der Waals surface area (Å²) in [5.74, 6) is -0.662. The maximum atomic E-state index is 12.0. The normalized spacial score (nSPS) is 13.9. The first-order chi connectivity index (χ1) is 11.3. The molecule has 0 aliphatic rings. The minimum atomic E-state index is -1.64. The van der Waals surface area contributed by atoms with E-state index in [-0.39, 0.29) is 15.7 Å². The number of benzene rings is 1. The monoisotopic (exact) mass is 412 g/mol. The van der Waals surface area contributed by atoms with Crippen LogP contribution in [-0.4, -0.2) is 17.6 Å². The molecule has 0 spiro atoms. The minimum absolute atomic E-state index is 0.196. The molecular weight excluding hydrogens is 394 g/mol. The van der Waals surface area contributed by atoms with Gasteiger partial charge in [0.05, 0.1) is 16.7 Å². The average molecular weight is 414 g/mol. The molecule has 0 N–H and O–H groups in total. The van der Waals surface area contributed by atoms with Crippen molar-refractivity contribution in [2.75, 3.05) is 6.61 Å². The Morgan fingerprint density at radius 2 is 1.71 bits per heavy atom. The summed E-state index contributed by atoms with van der Waals surface area (Å²) in [7, 11) is 0. The van der Waals surface area contributed by atoms with Crippen LogP contribution in [0.25, 0.3) is 0 Å². The fourth-order valence-corrected chi connectivity index (χ4v) is 2.80. The van der Waals surface area contributed by atoms with Crippen molar-refractivity contribution < 1.29 is 9.53 Å². The molecule has 0 saturated heterocycles. The highest BCUT2D eigenvalue weighted by molar-refractivity contribution is 6.41. The van der Waals surface area contributed by atoms with Crippen molar-refractivity contribution in [3.8, 4) is 0 Å². The Morgan fingerprint density at radius 1 is 1.12 bits per heavy atom. The molecule has 1 aromatic rings. The molecule has 8 heteroatoms. The molecule has 134 valence electrons. The van der Waals surface area contributed by atoms with E-state index in [0.29, 0.717) is 11.6 Å². The second-order valence-electron chi connectivity index (χ2n) is 5.42. The number of azo groups is 1. The van der Waals surface area contributed by atoms with Crippen molar-refractivity contribution >= 4 is 58.1 Å². The van der Waals surface area contributed by atoms with E-state index in [4.69, 9.17) is 51.1 Å². The number of hydrogen-bond acceptors (Lipinski definition) is 4. The van der Waals surface area contributed by atoms with E-state index in [9.17, 15) is 4.79 Å². The van der Waals surface area contributed by atoms with Gasteiger partial charge in [0, 0.05) is 5.02 Å². The third-order valence-electron chi connectivity index (χ3n) is 3.17. The molecule has 0 bridgehead atoms. The highest BCUT2D eigenvalue weighted by Crippen LogP contribution is 2.37. The van der Waals surface area contributed by atoms with Crippen molar-refractivity contribution in [1.29, 1.82) is 0 Å². The van der Waals surface area contributed by atoms with Gasteiger partial charge >= 0.3 is 5.97 Å². The second kappa shape index (κ2) is 10.4. The fourth-order valence-electron chi connectivity index (χ4n) is 1.82. The van der Waals surface area contributed by atoms with Gasteiger partial charge in [0.15, 0.2) is 0 Å². The Morgan fingerprint density at radius 3 is 2.29 bits per heavy atom.